The predicted molar refractivity (Wildman–Crippen MR) is 118 cm³/mol. The van der Waals surface area contributed by atoms with Gasteiger partial charge in [-0.3, -0.25) is 19.6 Å². The van der Waals surface area contributed by atoms with Crippen molar-refractivity contribution in [2.45, 2.75) is 10.8 Å². The number of nitrogens with zero attached hydrogens (tertiary/aromatic N) is 4. The van der Waals surface area contributed by atoms with Gasteiger partial charge < -0.3 is 10.1 Å². The Morgan fingerprint density at radius 1 is 1.23 bits per heavy atom. The molecule has 1 amide bonds. The van der Waals surface area contributed by atoms with E-state index in [0.717, 1.165) is 19.6 Å². The van der Waals surface area contributed by atoms with Crippen LogP contribution >= 0.6 is 34.4 Å². The Labute approximate surface area is 183 Å². The zero-order chi connectivity index (χ0) is 20.9. The van der Waals surface area contributed by atoms with Crippen LogP contribution in [-0.4, -0.2) is 44.7 Å². The maximum absolute atomic E-state index is 12.4. The highest BCUT2D eigenvalue weighted by atomic mass is 32.2. The summed E-state index contributed by atoms with van der Waals surface area (Å²) < 4.78 is 6.35. The molecule has 152 valence electrons. The first-order valence-corrected chi connectivity index (χ1v) is 11.4. The second-order valence-corrected chi connectivity index (χ2v) is 9.10. The molecule has 1 aromatic carbocycles. The van der Waals surface area contributed by atoms with Gasteiger partial charge in [0.05, 0.1) is 41.4 Å². The summed E-state index contributed by atoms with van der Waals surface area (Å²) in [5.74, 6) is -0.240. The molecule has 0 saturated heterocycles. The van der Waals surface area contributed by atoms with Crippen molar-refractivity contribution in [1.29, 1.82) is 0 Å². The lowest BCUT2D eigenvalue weighted by Gasteiger charge is -2.03. The molecule has 0 aliphatic rings. The minimum absolute atomic E-state index is 0.157. The summed E-state index contributed by atoms with van der Waals surface area (Å²) in [7, 11) is 1.36. The number of nitrogens with one attached hydrogen (secondary N) is 1. The van der Waals surface area contributed by atoms with E-state index >= 15 is 0 Å². The predicted octanol–water partition coefficient (Wildman–Crippen LogP) is 3.66. The first-order valence-electron chi connectivity index (χ1n) is 8.71. The number of hydrogen-bond donors (Lipinski definition) is 1. The summed E-state index contributed by atoms with van der Waals surface area (Å²) in [5.41, 5.74) is 2.87. The molecule has 3 heterocycles. The average Bonchev–Trinajstić information content (AvgIpc) is 3.39. The van der Waals surface area contributed by atoms with Gasteiger partial charge in [0.15, 0.2) is 4.34 Å². The van der Waals surface area contributed by atoms with Gasteiger partial charge in [-0.1, -0.05) is 11.8 Å². The zero-order valence-corrected chi connectivity index (χ0v) is 18.1. The van der Waals surface area contributed by atoms with Crippen LogP contribution in [0.5, 0.6) is 0 Å². The average molecular weight is 458 g/mol. The Balaban J connectivity index is 1.39. The number of thioether (sulfide) groups is 1. The highest BCUT2D eigenvalue weighted by molar-refractivity contribution is 8.01. The molecule has 0 bridgehead atoms. The molecule has 30 heavy (non-hydrogen) atoms. The molecule has 0 radical (unpaired) electrons. The fraction of sp³-hybridized carbons (Fsp3) is 0.158. The second kappa shape index (κ2) is 9.28. The third kappa shape index (κ3) is 4.99. The molecule has 1 N–H and O–H groups in total. The number of amides is 1. The number of anilines is 1. The van der Waals surface area contributed by atoms with Gasteiger partial charge in [0.1, 0.15) is 10.7 Å². The standard InChI is InChI=1S/C19H15N5O3S3/c1-27-17(26)10-29-19-24-13-3-2-11(6-15(13)30-19)22-16(25)7-12-9-28-18(23-12)14-8-20-4-5-21-14/h2-6,8-9H,7,10H2,1H3,(H,22,25). The van der Waals surface area contributed by atoms with Crippen LogP contribution in [-0.2, 0) is 20.7 Å². The normalized spacial score (nSPS) is 10.8. The Bertz CT molecular complexity index is 1190. The summed E-state index contributed by atoms with van der Waals surface area (Å²) in [5, 5.41) is 5.47. The van der Waals surface area contributed by atoms with E-state index in [1.807, 2.05) is 17.5 Å². The molecule has 0 fully saturated rings. The van der Waals surface area contributed by atoms with Gasteiger partial charge in [0.25, 0.3) is 0 Å². The quantitative estimate of drug-likeness (QED) is 0.331. The van der Waals surface area contributed by atoms with Crippen LogP contribution < -0.4 is 5.32 Å². The molecular formula is C19H15N5O3S3. The number of hydrogen-bond acceptors (Lipinski definition) is 10. The number of esters is 1. The molecule has 0 aliphatic heterocycles. The lowest BCUT2D eigenvalue weighted by Crippen LogP contribution is -2.14. The number of rotatable bonds is 7. The maximum atomic E-state index is 12.4. The third-order valence-electron chi connectivity index (χ3n) is 3.87. The lowest BCUT2D eigenvalue weighted by atomic mass is 10.2. The molecule has 4 rings (SSSR count). The number of thiazole rings is 2. The van der Waals surface area contributed by atoms with Crippen LogP contribution in [0.15, 0.2) is 46.5 Å². The maximum Gasteiger partial charge on any atom is 0.316 e. The summed E-state index contributed by atoms with van der Waals surface area (Å²) in [6, 6.07) is 5.53. The molecule has 11 heteroatoms. The summed E-state index contributed by atoms with van der Waals surface area (Å²) >= 11 is 4.22. The summed E-state index contributed by atoms with van der Waals surface area (Å²) in [6.45, 7) is 0. The number of ether oxygens (including phenoxy) is 1. The third-order valence-corrected chi connectivity index (χ3v) is 6.92. The first-order chi connectivity index (χ1) is 14.6. The van der Waals surface area contributed by atoms with Crippen molar-refractivity contribution in [2.75, 3.05) is 18.2 Å². The minimum Gasteiger partial charge on any atom is -0.468 e. The van der Waals surface area contributed by atoms with E-state index in [9.17, 15) is 9.59 Å². The first kappa shape index (κ1) is 20.4. The van der Waals surface area contributed by atoms with Crippen LogP contribution in [0.2, 0.25) is 0 Å². The summed E-state index contributed by atoms with van der Waals surface area (Å²) in [4.78, 5) is 40.9. The van der Waals surface area contributed by atoms with E-state index in [1.54, 1.807) is 24.7 Å². The van der Waals surface area contributed by atoms with Crippen LogP contribution in [0, 0.1) is 0 Å². The molecule has 4 aromatic rings. The van der Waals surface area contributed by atoms with Gasteiger partial charge in [-0.2, -0.15) is 0 Å². The smallest absolute Gasteiger partial charge is 0.316 e. The molecule has 0 saturated carbocycles. The van der Waals surface area contributed by atoms with Crippen molar-refractivity contribution in [3.63, 3.8) is 0 Å². The Morgan fingerprint density at radius 2 is 2.13 bits per heavy atom. The Kier molecular flexibility index (Phi) is 6.31. The van der Waals surface area contributed by atoms with E-state index in [2.05, 4.69) is 30.0 Å². The zero-order valence-electron chi connectivity index (χ0n) is 15.7. The van der Waals surface area contributed by atoms with E-state index in [1.165, 1.54) is 41.5 Å². The minimum atomic E-state index is -0.295. The van der Waals surface area contributed by atoms with Crippen molar-refractivity contribution in [2.24, 2.45) is 0 Å². The molecule has 3 aromatic heterocycles. The second-order valence-electron chi connectivity index (χ2n) is 5.99. The molecule has 8 nitrogen and oxygen atoms in total. The number of benzene rings is 1. The molecule has 0 atom stereocenters. The van der Waals surface area contributed by atoms with Gasteiger partial charge in [0, 0.05) is 23.5 Å². The summed E-state index contributed by atoms with van der Waals surface area (Å²) in [6.07, 6.45) is 5.02. The monoisotopic (exact) mass is 457 g/mol. The van der Waals surface area contributed by atoms with Crippen LogP contribution in [0.4, 0.5) is 5.69 Å². The lowest BCUT2D eigenvalue weighted by molar-refractivity contribution is -0.137. The largest absolute Gasteiger partial charge is 0.468 e. The molecule has 0 unspecified atom stereocenters. The van der Waals surface area contributed by atoms with Crippen molar-refractivity contribution >= 4 is 62.2 Å². The van der Waals surface area contributed by atoms with Gasteiger partial charge in [-0.15, -0.1) is 22.7 Å². The van der Waals surface area contributed by atoms with Gasteiger partial charge >= 0.3 is 5.97 Å². The topological polar surface area (TPSA) is 107 Å². The van der Waals surface area contributed by atoms with E-state index in [-0.39, 0.29) is 24.1 Å². The Hall–Kier alpha value is -2.89. The van der Waals surface area contributed by atoms with Gasteiger partial charge in [-0.05, 0) is 18.2 Å². The molecular weight excluding hydrogens is 442 g/mol. The van der Waals surface area contributed by atoms with Crippen molar-refractivity contribution in [3.05, 3.63) is 47.9 Å². The number of aromatic nitrogens is 4. The molecule has 0 aliphatic carbocycles. The fourth-order valence-corrected chi connectivity index (χ4v) is 5.23. The van der Waals surface area contributed by atoms with E-state index in [4.69, 9.17) is 0 Å². The number of fused-ring (bicyclic) bond motifs is 1. The van der Waals surface area contributed by atoms with Crippen molar-refractivity contribution in [3.8, 4) is 10.7 Å². The fourth-order valence-electron chi connectivity index (χ4n) is 2.51. The number of methoxy groups -OCH3 is 1. The van der Waals surface area contributed by atoms with Crippen LogP contribution in [0.1, 0.15) is 5.69 Å². The Morgan fingerprint density at radius 3 is 2.93 bits per heavy atom. The molecule has 0 spiro atoms. The van der Waals surface area contributed by atoms with Crippen LogP contribution in [0.3, 0.4) is 0 Å². The van der Waals surface area contributed by atoms with Gasteiger partial charge in [0.2, 0.25) is 5.91 Å². The highest BCUT2D eigenvalue weighted by Gasteiger charge is 2.12. The highest BCUT2D eigenvalue weighted by Crippen LogP contribution is 2.31. The van der Waals surface area contributed by atoms with Crippen molar-refractivity contribution in [1.82, 2.24) is 19.9 Å². The van der Waals surface area contributed by atoms with E-state index < -0.39 is 0 Å². The van der Waals surface area contributed by atoms with Crippen molar-refractivity contribution < 1.29 is 14.3 Å². The number of carbonyl (C=O) groups excluding carboxylic acids is 2. The van der Waals surface area contributed by atoms with E-state index in [0.29, 0.717) is 17.1 Å². The van der Waals surface area contributed by atoms with Gasteiger partial charge in [-0.25, -0.2) is 9.97 Å². The SMILES string of the molecule is COC(=O)CSc1nc2ccc(NC(=O)Cc3csc(-c4cnccn4)n3)cc2s1. The number of carbonyl (C=O) groups is 2. The van der Waals surface area contributed by atoms with Crippen LogP contribution in [0.25, 0.3) is 20.9 Å².